The summed E-state index contributed by atoms with van der Waals surface area (Å²) in [6.45, 7) is 5.00. The predicted molar refractivity (Wildman–Crippen MR) is 68.9 cm³/mol. The molecule has 100 valence electrons. The Hall–Kier alpha value is -1.41. The number of aryl methyl sites for hydroxylation is 1. The Morgan fingerprint density at radius 2 is 2.17 bits per heavy atom. The SMILES string of the molecule is CCCCCCn1nnc(CC#N)c1C(C)OC. The van der Waals surface area contributed by atoms with Gasteiger partial charge in [0.05, 0.1) is 24.3 Å². The van der Waals surface area contributed by atoms with Gasteiger partial charge in [0, 0.05) is 13.7 Å². The van der Waals surface area contributed by atoms with Crippen molar-refractivity contribution in [3.63, 3.8) is 0 Å². The van der Waals surface area contributed by atoms with Crippen LogP contribution in [-0.4, -0.2) is 22.1 Å². The second-order valence-corrected chi connectivity index (χ2v) is 4.42. The molecule has 0 amide bonds. The molecule has 0 aliphatic carbocycles. The molecular weight excluding hydrogens is 228 g/mol. The van der Waals surface area contributed by atoms with Gasteiger partial charge < -0.3 is 4.74 Å². The Morgan fingerprint density at radius 1 is 1.39 bits per heavy atom. The molecule has 18 heavy (non-hydrogen) atoms. The molecule has 1 rings (SSSR count). The van der Waals surface area contributed by atoms with Crippen molar-refractivity contribution >= 4 is 0 Å². The average molecular weight is 250 g/mol. The van der Waals surface area contributed by atoms with Gasteiger partial charge >= 0.3 is 0 Å². The van der Waals surface area contributed by atoms with Crippen molar-refractivity contribution in [1.29, 1.82) is 5.26 Å². The van der Waals surface area contributed by atoms with Gasteiger partial charge in [0.25, 0.3) is 0 Å². The Bertz CT molecular complexity index is 394. The summed E-state index contributed by atoms with van der Waals surface area (Å²) in [7, 11) is 1.66. The Kier molecular flexibility index (Phi) is 6.37. The van der Waals surface area contributed by atoms with Crippen molar-refractivity contribution in [2.75, 3.05) is 7.11 Å². The summed E-state index contributed by atoms with van der Waals surface area (Å²) in [5, 5.41) is 17.0. The molecule has 0 aliphatic rings. The molecule has 0 N–H and O–H groups in total. The van der Waals surface area contributed by atoms with Crippen LogP contribution in [0.1, 0.15) is 57.0 Å². The van der Waals surface area contributed by atoms with Gasteiger partial charge in [-0.2, -0.15) is 5.26 Å². The van der Waals surface area contributed by atoms with Crippen LogP contribution in [0.25, 0.3) is 0 Å². The van der Waals surface area contributed by atoms with Crippen molar-refractivity contribution in [1.82, 2.24) is 15.0 Å². The van der Waals surface area contributed by atoms with Gasteiger partial charge in [0.15, 0.2) is 0 Å². The molecule has 0 radical (unpaired) electrons. The minimum Gasteiger partial charge on any atom is -0.375 e. The molecular formula is C13H22N4O. The molecule has 0 spiro atoms. The predicted octanol–water partition coefficient (Wildman–Crippen LogP) is 2.63. The summed E-state index contributed by atoms with van der Waals surface area (Å²) < 4.78 is 7.22. The highest BCUT2D eigenvalue weighted by atomic mass is 16.5. The van der Waals surface area contributed by atoms with E-state index in [0.29, 0.717) is 0 Å². The number of hydrogen-bond donors (Lipinski definition) is 0. The number of unbranched alkanes of at least 4 members (excludes halogenated alkanes) is 3. The first-order valence-corrected chi connectivity index (χ1v) is 6.56. The van der Waals surface area contributed by atoms with Crippen LogP contribution in [-0.2, 0) is 17.7 Å². The number of aromatic nitrogens is 3. The van der Waals surface area contributed by atoms with Crippen LogP contribution in [0.4, 0.5) is 0 Å². The highest BCUT2D eigenvalue weighted by molar-refractivity contribution is 5.16. The monoisotopic (exact) mass is 250 g/mol. The van der Waals surface area contributed by atoms with Crippen molar-refractivity contribution < 1.29 is 4.74 Å². The first-order chi connectivity index (χ1) is 8.74. The fourth-order valence-electron chi connectivity index (χ4n) is 1.97. The van der Waals surface area contributed by atoms with E-state index in [1.807, 2.05) is 11.6 Å². The summed E-state index contributed by atoms with van der Waals surface area (Å²) in [6, 6.07) is 2.12. The molecule has 0 aliphatic heterocycles. The molecule has 1 unspecified atom stereocenters. The van der Waals surface area contributed by atoms with Crippen LogP contribution in [0.2, 0.25) is 0 Å². The normalized spacial score (nSPS) is 12.3. The van der Waals surface area contributed by atoms with E-state index in [2.05, 4.69) is 23.3 Å². The third-order valence-corrected chi connectivity index (χ3v) is 3.06. The summed E-state index contributed by atoms with van der Waals surface area (Å²) in [5.74, 6) is 0. The van der Waals surface area contributed by atoms with Crippen molar-refractivity contribution in [3.8, 4) is 6.07 Å². The molecule has 0 bridgehead atoms. The molecule has 5 nitrogen and oxygen atoms in total. The molecule has 0 saturated carbocycles. The second kappa shape index (κ2) is 7.83. The third-order valence-electron chi connectivity index (χ3n) is 3.06. The van der Waals surface area contributed by atoms with E-state index in [1.54, 1.807) is 7.11 Å². The minimum absolute atomic E-state index is 0.0745. The van der Waals surface area contributed by atoms with Gasteiger partial charge in [-0.1, -0.05) is 31.4 Å². The van der Waals surface area contributed by atoms with E-state index in [9.17, 15) is 0 Å². The lowest BCUT2D eigenvalue weighted by atomic mass is 10.1. The summed E-state index contributed by atoms with van der Waals surface area (Å²) >= 11 is 0. The zero-order chi connectivity index (χ0) is 13.4. The van der Waals surface area contributed by atoms with E-state index in [1.165, 1.54) is 19.3 Å². The molecule has 1 aromatic heterocycles. The first kappa shape index (κ1) is 14.7. The summed E-state index contributed by atoms with van der Waals surface area (Å²) in [5.41, 5.74) is 1.68. The smallest absolute Gasteiger partial charge is 0.103 e. The molecule has 1 aromatic rings. The van der Waals surface area contributed by atoms with Crippen molar-refractivity contribution in [2.24, 2.45) is 0 Å². The van der Waals surface area contributed by atoms with Crippen LogP contribution >= 0.6 is 0 Å². The van der Waals surface area contributed by atoms with Crippen molar-refractivity contribution in [2.45, 2.75) is 58.6 Å². The minimum atomic E-state index is -0.0745. The lowest BCUT2D eigenvalue weighted by molar-refractivity contribution is 0.110. The number of ether oxygens (including phenoxy) is 1. The highest BCUT2D eigenvalue weighted by Gasteiger charge is 2.18. The average Bonchev–Trinajstić information content (AvgIpc) is 2.77. The Labute approximate surface area is 109 Å². The maximum absolute atomic E-state index is 8.79. The standard InChI is InChI=1S/C13H22N4O/c1-4-5-6-7-10-17-13(11(2)18-3)12(8-9-14)15-16-17/h11H,4-8,10H2,1-3H3. The highest BCUT2D eigenvalue weighted by Crippen LogP contribution is 2.19. The van der Waals surface area contributed by atoms with E-state index < -0.39 is 0 Å². The van der Waals surface area contributed by atoms with Crippen LogP contribution in [0.3, 0.4) is 0 Å². The number of rotatable bonds is 8. The quantitative estimate of drug-likeness (QED) is 0.665. The fourth-order valence-corrected chi connectivity index (χ4v) is 1.97. The van der Waals surface area contributed by atoms with Gasteiger partial charge in [0.2, 0.25) is 0 Å². The van der Waals surface area contributed by atoms with Gasteiger partial charge in [-0.05, 0) is 13.3 Å². The number of methoxy groups -OCH3 is 1. The lowest BCUT2D eigenvalue weighted by Crippen LogP contribution is -2.10. The maximum atomic E-state index is 8.79. The largest absolute Gasteiger partial charge is 0.375 e. The Morgan fingerprint density at radius 3 is 2.78 bits per heavy atom. The zero-order valence-corrected chi connectivity index (χ0v) is 11.5. The zero-order valence-electron chi connectivity index (χ0n) is 11.5. The van der Waals surface area contributed by atoms with Gasteiger partial charge in [-0.15, -0.1) is 5.10 Å². The molecule has 0 fully saturated rings. The van der Waals surface area contributed by atoms with Gasteiger partial charge in [0.1, 0.15) is 5.69 Å². The molecule has 0 saturated heterocycles. The number of hydrogen-bond acceptors (Lipinski definition) is 4. The van der Waals surface area contributed by atoms with Crippen LogP contribution < -0.4 is 0 Å². The Balaban J connectivity index is 2.74. The van der Waals surface area contributed by atoms with E-state index in [0.717, 1.165) is 24.4 Å². The van der Waals surface area contributed by atoms with Crippen LogP contribution in [0.15, 0.2) is 0 Å². The topological polar surface area (TPSA) is 63.7 Å². The maximum Gasteiger partial charge on any atom is 0.103 e. The third kappa shape index (κ3) is 3.81. The van der Waals surface area contributed by atoms with Crippen molar-refractivity contribution in [3.05, 3.63) is 11.4 Å². The van der Waals surface area contributed by atoms with E-state index in [4.69, 9.17) is 10.00 Å². The summed E-state index contributed by atoms with van der Waals surface area (Å²) in [6.07, 6.45) is 4.97. The fraction of sp³-hybridized carbons (Fsp3) is 0.769. The van der Waals surface area contributed by atoms with Gasteiger partial charge in [-0.3, -0.25) is 0 Å². The lowest BCUT2D eigenvalue weighted by Gasteiger charge is -2.13. The molecule has 0 aromatic carbocycles. The van der Waals surface area contributed by atoms with Gasteiger partial charge in [-0.25, -0.2) is 4.68 Å². The van der Waals surface area contributed by atoms with E-state index in [-0.39, 0.29) is 12.5 Å². The molecule has 1 atom stereocenters. The van der Waals surface area contributed by atoms with Crippen LogP contribution in [0.5, 0.6) is 0 Å². The number of nitriles is 1. The second-order valence-electron chi connectivity index (χ2n) is 4.42. The summed E-state index contributed by atoms with van der Waals surface area (Å²) in [4.78, 5) is 0. The first-order valence-electron chi connectivity index (χ1n) is 6.56. The molecule has 5 heteroatoms. The molecule has 1 heterocycles. The number of nitrogens with zero attached hydrogens (tertiary/aromatic N) is 4. The van der Waals surface area contributed by atoms with Crippen LogP contribution in [0, 0.1) is 11.3 Å². The van der Waals surface area contributed by atoms with E-state index >= 15 is 0 Å².